The van der Waals surface area contributed by atoms with Crippen LogP contribution in [0, 0.1) is 22.7 Å². The predicted molar refractivity (Wildman–Crippen MR) is 140 cm³/mol. The van der Waals surface area contributed by atoms with Crippen LogP contribution in [0.5, 0.6) is 0 Å². The summed E-state index contributed by atoms with van der Waals surface area (Å²) in [5.41, 5.74) is -3.17. The SMILES string of the molecule is C[C@]12CCC3C(CC[C@]4(O[C@@H]5OC(CO)[C@@H](O)C(O)C5O)C=CCC[C@]34C=O)[C@@]1(O)CC[C@@H]2c1ccc(=O)oc1. The second-order valence-electron chi connectivity index (χ2n) is 12.9. The van der Waals surface area contributed by atoms with Crippen LogP contribution in [0.15, 0.2) is 39.8 Å². The van der Waals surface area contributed by atoms with Crippen molar-refractivity contribution in [3.8, 4) is 0 Å². The lowest BCUT2D eigenvalue weighted by Crippen LogP contribution is -2.69. The van der Waals surface area contributed by atoms with Crippen LogP contribution in [0.4, 0.5) is 0 Å². The van der Waals surface area contributed by atoms with Crippen molar-refractivity contribution >= 4 is 6.29 Å². The minimum Gasteiger partial charge on any atom is -0.431 e. The highest BCUT2D eigenvalue weighted by atomic mass is 16.7. The highest BCUT2D eigenvalue weighted by Crippen LogP contribution is 2.71. The fourth-order valence-electron chi connectivity index (χ4n) is 9.39. The maximum Gasteiger partial charge on any atom is 0.335 e. The van der Waals surface area contributed by atoms with Gasteiger partial charge in [0.1, 0.15) is 36.3 Å². The molecule has 2 heterocycles. The van der Waals surface area contributed by atoms with Gasteiger partial charge in [0.05, 0.1) is 23.9 Å². The summed E-state index contributed by atoms with van der Waals surface area (Å²) in [6.07, 6.45) is 3.95. The summed E-state index contributed by atoms with van der Waals surface area (Å²) in [7, 11) is 0. The number of aliphatic hydroxyl groups is 5. The molecule has 0 aromatic carbocycles. The molecule has 10 heteroatoms. The minimum atomic E-state index is -1.59. The Morgan fingerprint density at radius 1 is 1.02 bits per heavy atom. The molecule has 220 valence electrons. The first-order valence-electron chi connectivity index (χ1n) is 14.5. The number of hydrogen-bond acceptors (Lipinski definition) is 10. The van der Waals surface area contributed by atoms with Crippen molar-refractivity contribution in [2.75, 3.05) is 6.61 Å². The van der Waals surface area contributed by atoms with Gasteiger partial charge in [0, 0.05) is 11.5 Å². The molecular weight excluding hydrogens is 520 g/mol. The van der Waals surface area contributed by atoms with Crippen molar-refractivity contribution in [1.82, 2.24) is 0 Å². The molecule has 3 saturated carbocycles. The lowest BCUT2D eigenvalue weighted by atomic mass is 9.42. The Hall–Kier alpha value is -1.92. The topological polar surface area (TPSA) is 167 Å². The van der Waals surface area contributed by atoms with Crippen molar-refractivity contribution in [2.45, 2.75) is 106 Å². The van der Waals surface area contributed by atoms with Crippen LogP contribution in [-0.4, -0.2) is 80.3 Å². The number of carbonyl (C=O) groups excluding carboxylic acids is 1. The van der Waals surface area contributed by atoms with Gasteiger partial charge in [0.15, 0.2) is 6.29 Å². The summed E-state index contributed by atoms with van der Waals surface area (Å²) < 4.78 is 17.4. The van der Waals surface area contributed by atoms with E-state index < -0.39 is 65.0 Å². The van der Waals surface area contributed by atoms with Crippen molar-refractivity contribution in [3.63, 3.8) is 0 Å². The molecule has 40 heavy (non-hydrogen) atoms. The smallest absolute Gasteiger partial charge is 0.335 e. The molecular formula is C30H40O10. The molecule has 4 aliphatic carbocycles. The fraction of sp³-hybridized carbons (Fsp3) is 0.733. The summed E-state index contributed by atoms with van der Waals surface area (Å²) in [6, 6.07) is 3.21. The van der Waals surface area contributed by atoms with E-state index in [1.165, 1.54) is 12.3 Å². The summed E-state index contributed by atoms with van der Waals surface area (Å²) in [5, 5.41) is 53.6. The van der Waals surface area contributed by atoms with E-state index in [0.717, 1.165) is 18.3 Å². The second-order valence-corrected chi connectivity index (χ2v) is 12.9. The lowest BCUT2D eigenvalue weighted by molar-refractivity contribution is -0.343. The normalized spacial score (nSPS) is 50.0. The second kappa shape index (κ2) is 9.83. The molecule has 6 rings (SSSR count). The van der Waals surface area contributed by atoms with E-state index in [1.807, 2.05) is 12.2 Å². The van der Waals surface area contributed by atoms with Gasteiger partial charge >= 0.3 is 5.63 Å². The number of rotatable bonds is 5. The Labute approximate surface area is 232 Å². The first-order chi connectivity index (χ1) is 19.1. The highest BCUT2D eigenvalue weighted by Gasteiger charge is 2.71. The Balaban J connectivity index is 1.34. The van der Waals surface area contributed by atoms with Gasteiger partial charge in [0.2, 0.25) is 0 Å². The van der Waals surface area contributed by atoms with Crippen LogP contribution in [-0.2, 0) is 14.3 Å². The zero-order valence-electron chi connectivity index (χ0n) is 22.7. The van der Waals surface area contributed by atoms with Gasteiger partial charge < -0.3 is 44.2 Å². The molecule has 0 bridgehead atoms. The van der Waals surface area contributed by atoms with Crippen molar-refractivity contribution < 1.29 is 44.2 Å². The van der Waals surface area contributed by atoms with Gasteiger partial charge in [-0.2, -0.15) is 0 Å². The van der Waals surface area contributed by atoms with Crippen LogP contribution >= 0.6 is 0 Å². The molecule has 0 radical (unpaired) electrons. The van der Waals surface area contributed by atoms with E-state index in [-0.39, 0.29) is 17.8 Å². The summed E-state index contributed by atoms with van der Waals surface area (Å²) in [5.74, 6) is -0.354. The van der Waals surface area contributed by atoms with E-state index in [2.05, 4.69) is 6.92 Å². The molecule has 5 unspecified atom stereocenters. The van der Waals surface area contributed by atoms with E-state index in [4.69, 9.17) is 13.9 Å². The highest BCUT2D eigenvalue weighted by molar-refractivity contribution is 5.65. The van der Waals surface area contributed by atoms with Crippen LogP contribution in [0.1, 0.15) is 69.8 Å². The summed E-state index contributed by atoms with van der Waals surface area (Å²) in [6.45, 7) is 1.54. The maximum absolute atomic E-state index is 13.3. The third-order valence-electron chi connectivity index (χ3n) is 11.5. The molecule has 5 aliphatic rings. The number of allylic oxidation sites excluding steroid dienone is 1. The molecule has 4 fully saturated rings. The van der Waals surface area contributed by atoms with Crippen molar-refractivity contribution in [1.29, 1.82) is 0 Å². The van der Waals surface area contributed by atoms with E-state index >= 15 is 0 Å². The quantitative estimate of drug-likeness (QED) is 0.200. The molecule has 1 aromatic heterocycles. The zero-order chi connectivity index (χ0) is 28.5. The van der Waals surface area contributed by atoms with Gasteiger partial charge in [-0.25, -0.2) is 4.79 Å². The maximum atomic E-state index is 13.3. The Bertz CT molecular complexity index is 1190. The monoisotopic (exact) mass is 560 g/mol. The van der Waals surface area contributed by atoms with Gasteiger partial charge in [0.25, 0.3) is 0 Å². The number of aldehydes is 1. The van der Waals surface area contributed by atoms with Gasteiger partial charge in [-0.1, -0.05) is 19.1 Å². The Morgan fingerprint density at radius 3 is 2.50 bits per heavy atom. The molecule has 0 spiro atoms. The van der Waals surface area contributed by atoms with Gasteiger partial charge in [-0.05, 0) is 80.8 Å². The van der Waals surface area contributed by atoms with Crippen molar-refractivity contribution in [3.05, 3.63) is 46.5 Å². The first kappa shape index (κ1) is 28.2. The number of carbonyl (C=O) groups is 1. The standard InChI is InChI=1S/C30H40O10/c1-27-11-6-19-20(30(27,37)13-8-18(27)17-4-5-22(33)38-15-17)7-12-29(10-3-2-9-28(19,29)16-32)40-26-25(36)24(35)23(34)21(14-31)39-26/h3-5,10,15-16,18-21,23-26,31,34-37H,2,6-9,11-14H2,1H3/t18-,19?,20?,21?,23-,24?,25?,26+,27-,28+,29-,30+/m1/s1. The number of hydrogen-bond donors (Lipinski definition) is 5. The molecule has 10 nitrogen and oxygen atoms in total. The van der Waals surface area contributed by atoms with Crippen molar-refractivity contribution in [2.24, 2.45) is 22.7 Å². The first-order valence-corrected chi connectivity index (χ1v) is 14.5. The molecule has 1 saturated heterocycles. The average Bonchev–Trinajstić information content (AvgIpc) is 3.24. The average molecular weight is 561 g/mol. The van der Waals surface area contributed by atoms with Gasteiger partial charge in [-0.15, -0.1) is 0 Å². The van der Waals surface area contributed by atoms with Crippen LogP contribution in [0.25, 0.3) is 0 Å². The van der Waals surface area contributed by atoms with E-state index in [0.29, 0.717) is 44.9 Å². The minimum absolute atomic E-state index is 0.0123. The van der Waals surface area contributed by atoms with E-state index in [1.54, 1.807) is 6.07 Å². The van der Waals surface area contributed by atoms with Gasteiger partial charge in [-0.3, -0.25) is 0 Å². The summed E-state index contributed by atoms with van der Waals surface area (Å²) in [4.78, 5) is 24.8. The third kappa shape index (κ3) is 3.73. The molecule has 1 aliphatic heterocycles. The number of ether oxygens (including phenoxy) is 2. The molecule has 5 N–H and O–H groups in total. The largest absolute Gasteiger partial charge is 0.431 e. The third-order valence-corrected chi connectivity index (χ3v) is 11.5. The zero-order valence-corrected chi connectivity index (χ0v) is 22.7. The Morgan fingerprint density at radius 2 is 1.80 bits per heavy atom. The number of aliphatic hydroxyl groups excluding tert-OH is 4. The molecule has 1 aromatic rings. The molecule has 12 atom stereocenters. The molecule has 0 amide bonds. The van der Waals surface area contributed by atoms with Crippen LogP contribution in [0.3, 0.4) is 0 Å². The van der Waals surface area contributed by atoms with Crippen LogP contribution < -0.4 is 5.63 Å². The summed E-state index contributed by atoms with van der Waals surface area (Å²) >= 11 is 0. The van der Waals surface area contributed by atoms with Crippen LogP contribution in [0.2, 0.25) is 0 Å². The fourth-order valence-corrected chi connectivity index (χ4v) is 9.39. The number of fused-ring (bicyclic) bond motifs is 5. The predicted octanol–water partition coefficient (Wildman–Crippen LogP) is 1.17. The Kier molecular flexibility index (Phi) is 6.93. The van der Waals surface area contributed by atoms with E-state index in [9.17, 15) is 35.1 Å². The lowest BCUT2D eigenvalue weighted by Gasteiger charge is -2.65.